The minimum absolute atomic E-state index is 0.0386. The zero-order valence-corrected chi connectivity index (χ0v) is 17.8. The highest BCUT2D eigenvalue weighted by Crippen LogP contribution is 2.30. The van der Waals surface area contributed by atoms with E-state index in [0.29, 0.717) is 43.1 Å². The van der Waals surface area contributed by atoms with Gasteiger partial charge in [0.1, 0.15) is 11.9 Å². The number of benzene rings is 1. The van der Waals surface area contributed by atoms with Crippen molar-refractivity contribution in [1.29, 1.82) is 5.26 Å². The maximum Gasteiger partial charge on any atom is 0.416 e. The molecule has 0 N–H and O–H groups in total. The maximum atomic E-state index is 13.0. The SMILES string of the molecule is N#Cc1cccnc1N1CCN(C(=O)C2CC(=O)N(Cc3cccc(C(F)(F)F)c3)C2)CC1. The van der Waals surface area contributed by atoms with Crippen molar-refractivity contribution in [3.8, 4) is 6.07 Å². The van der Waals surface area contributed by atoms with Crippen LogP contribution < -0.4 is 4.90 Å². The van der Waals surface area contributed by atoms with Crippen molar-refractivity contribution < 1.29 is 22.8 Å². The molecule has 4 rings (SSSR count). The van der Waals surface area contributed by atoms with Gasteiger partial charge in [-0.05, 0) is 29.8 Å². The van der Waals surface area contributed by atoms with Gasteiger partial charge in [0.05, 0.1) is 17.0 Å². The van der Waals surface area contributed by atoms with Crippen LogP contribution in [0.4, 0.5) is 19.0 Å². The number of nitriles is 1. The van der Waals surface area contributed by atoms with Gasteiger partial charge in [0.2, 0.25) is 11.8 Å². The summed E-state index contributed by atoms with van der Waals surface area (Å²) in [5.41, 5.74) is 0.0945. The number of rotatable bonds is 4. The molecule has 0 bridgehead atoms. The lowest BCUT2D eigenvalue weighted by Gasteiger charge is -2.36. The van der Waals surface area contributed by atoms with E-state index in [4.69, 9.17) is 0 Å². The molecular formula is C23H22F3N5O2. The molecule has 0 aliphatic carbocycles. The number of pyridine rings is 1. The molecule has 2 saturated heterocycles. The van der Waals surface area contributed by atoms with Crippen LogP contribution in [0.15, 0.2) is 42.6 Å². The topological polar surface area (TPSA) is 80.5 Å². The number of amides is 2. The van der Waals surface area contributed by atoms with Crippen LogP contribution in [0.25, 0.3) is 0 Å². The Hall–Kier alpha value is -3.61. The van der Waals surface area contributed by atoms with Crippen molar-refractivity contribution in [3.63, 3.8) is 0 Å². The number of piperazine rings is 1. The average molecular weight is 457 g/mol. The predicted molar refractivity (Wildman–Crippen MR) is 113 cm³/mol. The van der Waals surface area contributed by atoms with Gasteiger partial charge in [0.15, 0.2) is 0 Å². The molecule has 33 heavy (non-hydrogen) atoms. The van der Waals surface area contributed by atoms with Crippen LogP contribution in [-0.2, 0) is 22.3 Å². The molecular weight excluding hydrogens is 435 g/mol. The highest BCUT2D eigenvalue weighted by Gasteiger charge is 2.38. The van der Waals surface area contributed by atoms with Crippen molar-refractivity contribution in [2.24, 2.45) is 5.92 Å². The van der Waals surface area contributed by atoms with Gasteiger partial charge in [-0.15, -0.1) is 0 Å². The van der Waals surface area contributed by atoms with Crippen molar-refractivity contribution in [1.82, 2.24) is 14.8 Å². The Kier molecular flexibility index (Phi) is 6.22. The Morgan fingerprint density at radius 3 is 2.61 bits per heavy atom. The number of likely N-dealkylation sites (tertiary alicyclic amines) is 1. The third-order valence-electron chi connectivity index (χ3n) is 5.99. The molecule has 7 nitrogen and oxygen atoms in total. The first kappa shape index (κ1) is 22.6. The second-order valence-corrected chi connectivity index (χ2v) is 8.17. The summed E-state index contributed by atoms with van der Waals surface area (Å²) in [5.74, 6) is -0.289. The predicted octanol–water partition coefficient (Wildman–Crippen LogP) is 2.67. The molecule has 0 saturated carbocycles. The second kappa shape index (κ2) is 9.10. The van der Waals surface area contributed by atoms with Crippen molar-refractivity contribution in [2.75, 3.05) is 37.6 Å². The summed E-state index contributed by atoms with van der Waals surface area (Å²) in [4.78, 5) is 34.9. The van der Waals surface area contributed by atoms with Crippen LogP contribution in [0.2, 0.25) is 0 Å². The maximum absolute atomic E-state index is 13.0. The number of alkyl halides is 3. The van der Waals surface area contributed by atoms with Gasteiger partial charge in [-0.25, -0.2) is 4.98 Å². The standard InChI is InChI=1S/C23H22F3N5O2/c24-23(25,26)19-5-1-3-16(11-19)14-31-15-18(12-20(31)32)22(33)30-9-7-29(8-10-30)21-17(13-27)4-2-6-28-21/h1-6,11,18H,7-10,12,14-15H2. The minimum atomic E-state index is -4.45. The fraction of sp³-hybridized carbons (Fsp3) is 0.391. The molecule has 2 aliphatic heterocycles. The quantitative estimate of drug-likeness (QED) is 0.705. The number of hydrogen-bond donors (Lipinski definition) is 0. The smallest absolute Gasteiger partial charge is 0.352 e. The number of halogens is 3. The third-order valence-corrected chi connectivity index (χ3v) is 5.99. The summed E-state index contributed by atoms with van der Waals surface area (Å²) in [7, 11) is 0. The van der Waals surface area contributed by atoms with Crippen molar-refractivity contribution in [3.05, 3.63) is 59.3 Å². The van der Waals surface area contributed by atoms with Crippen LogP contribution >= 0.6 is 0 Å². The molecule has 172 valence electrons. The van der Waals surface area contributed by atoms with E-state index in [2.05, 4.69) is 11.1 Å². The summed E-state index contributed by atoms with van der Waals surface area (Å²) in [6, 6.07) is 10.4. The Bertz CT molecular complexity index is 1090. The third kappa shape index (κ3) is 4.92. The fourth-order valence-corrected chi connectivity index (χ4v) is 4.29. The number of anilines is 1. The number of nitrogens with zero attached hydrogens (tertiary/aromatic N) is 5. The monoisotopic (exact) mass is 457 g/mol. The zero-order chi connectivity index (χ0) is 23.6. The lowest BCUT2D eigenvalue weighted by Crippen LogP contribution is -2.51. The highest BCUT2D eigenvalue weighted by molar-refractivity contribution is 5.89. The van der Waals surface area contributed by atoms with Gasteiger partial charge in [0.25, 0.3) is 0 Å². The first-order valence-electron chi connectivity index (χ1n) is 10.6. The van der Waals surface area contributed by atoms with Gasteiger partial charge in [-0.1, -0.05) is 12.1 Å². The van der Waals surface area contributed by atoms with Crippen molar-refractivity contribution in [2.45, 2.75) is 19.1 Å². The largest absolute Gasteiger partial charge is 0.416 e. The van der Waals surface area contributed by atoms with E-state index in [1.54, 1.807) is 29.3 Å². The van der Waals surface area contributed by atoms with E-state index in [1.807, 2.05) is 4.90 Å². The Labute approximate surface area is 189 Å². The van der Waals surface area contributed by atoms with Crippen LogP contribution in [-0.4, -0.2) is 59.3 Å². The summed E-state index contributed by atoms with van der Waals surface area (Å²) < 4.78 is 38.9. The lowest BCUT2D eigenvalue weighted by atomic mass is 10.1. The molecule has 10 heteroatoms. The Morgan fingerprint density at radius 2 is 1.91 bits per heavy atom. The van der Waals surface area contributed by atoms with Crippen LogP contribution in [0.1, 0.15) is 23.1 Å². The molecule has 1 atom stereocenters. The first-order valence-corrected chi connectivity index (χ1v) is 10.6. The molecule has 1 unspecified atom stereocenters. The molecule has 2 aromatic rings. The molecule has 0 radical (unpaired) electrons. The molecule has 2 fully saturated rings. The summed E-state index contributed by atoms with van der Waals surface area (Å²) >= 11 is 0. The van der Waals surface area contributed by atoms with E-state index in [1.165, 1.54) is 11.0 Å². The van der Waals surface area contributed by atoms with E-state index in [0.717, 1.165) is 12.1 Å². The molecule has 2 aliphatic rings. The van der Waals surface area contributed by atoms with Crippen LogP contribution in [0.3, 0.4) is 0 Å². The summed E-state index contributed by atoms with van der Waals surface area (Å²) in [6.45, 7) is 2.15. The number of carbonyl (C=O) groups is 2. The van der Waals surface area contributed by atoms with E-state index >= 15 is 0 Å². The van der Waals surface area contributed by atoms with Crippen LogP contribution in [0.5, 0.6) is 0 Å². The van der Waals surface area contributed by atoms with E-state index in [9.17, 15) is 28.0 Å². The summed E-state index contributed by atoms with van der Waals surface area (Å²) in [6.07, 6.45) is -2.78. The highest BCUT2D eigenvalue weighted by atomic mass is 19.4. The first-order chi connectivity index (χ1) is 15.8. The molecule has 2 amide bonds. The van der Waals surface area contributed by atoms with E-state index < -0.39 is 17.7 Å². The molecule has 1 aromatic carbocycles. The zero-order valence-electron chi connectivity index (χ0n) is 17.8. The lowest BCUT2D eigenvalue weighted by molar-refractivity contribution is -0.137. The number of carbonyl (C=O) groups excluding carboxylic acids is 2. The van der Waals surface area contributed by atoms with Gasteiger partial charge >= 0.3 is 6.18 Å². The van der Waals surface area contributed by atoms with Crippen LogP contribution in [0, 0.1) is 17.2 Å². The second-order valence-electron chi connectivity index (χ2n) is 8.17. The Morgan fingerprint density at radius 1 is 1.15 bits per heavy atom. The number of aromatic nitrogens is 1. The fourth-order valence-electron chi connectivity index (χ4n) is 4.29. The van der Waals surface area contributed by atoms with Gasteiger partial charge in [-0.3, -0.25) is 9.59 Å². The van der Waals surface area contributed by atoms with Gasteiger partial charge < -0.3 is 14.7 Å². The minimum Gasteiger partial charge on any atom is -0.352 e. The van der Waals surface area contributed by atoms with Crippen molar-refractivity contribution >= 4 is 17.6 Å². The normalized spacial score (nSPS) is 19.0. The molecule has 0 spiro atoms. The average Bonchev–Trinajstić information content (AvgIpc) is 3.18. The molecule has 3 heterocycles. The molecule has 1 aromatic heterocycles. The van der Waals surface area contributed by atoms with Gasteiger partial charge in [0, 0.05) is 51.9 Å². The Balaban J connectivity index is 1.35. The summed E-state index contributed by atoms with van der Waals surface area (Å²) in [5, 5.41) is 9.27. The number of hydrogen-bond acceptors (Lipinski definition) is 5. The van der Waals surface area contributed by atoms with Gasteiger partial charge in [-0.2, -0.15) is 18.4 Å². The van der Waals surface area contributed by atoms with E-state index in [-0.39, 0.29) is 31.3 Å².